The van der Waals surface area contributed by atoms with Crippen molar-refractivity contribution in [2.45, 2.75) is 44.6 Å². The summed E-state index contributed by atoms with van der Waals surface area (Å²) in [7, 11) is 0. The van der Waals surface area contributed by atoms with E-state index in [-0.39, 0.29) is 63.2 Å². The van der Waals surface area contributed by atoms with Gasteiger partial charge in [-0.25, -0.2) is 4.39 Å². The molecule has 106 valence electrons. The van der Waals surface area contributed by atoms with Crippen molar-refractivity contribution in [2.75, 3.05) is 0 Å². The van der Waals surface area contributed by atoms with E-state index < -0.39 is 18.3 Å². The SMILES string of the molecule is Fc1ccc(OC2CCCCCC2)c([B-](F)(F)F)c1.[K+]. The molecule has 1 fully saturated rings. The van der Waals surface area contributed by atoms with Crippen molar-refractivity contribution in [1.82, 2.24) is 0 Å². The van der Waals surface area contributed by atoms with Crippen molar-refractivity contribution in [1.29, 1.82) is 0 Å². The predicted octanol–water partition coefficient (Wildman–Crippen LogP) is 0.986. The van der Waals surface area contributed by atoms with Crippen LogP contribution in [0.1, 0.15) is 38.5 Å². The van der Waals surface area contributed by atoms with Crippen LogP contribution >= 0.6 is 0 Å². The molecule has 0 unspecified atom stereocenters. The van der Waals surface area contributed by atoms with Crippen LogP contribution in [0.15, 0.2) is 18.2 Å². The van der Waals surface area contributed by atoms with E-state index in [1.54, 1.807) is 0 Å². The molecule has 0 saturated heterocycles. The average Bonchev–Trinajstić information content (AvgIpc) is 2.59. The Kier molecular flexibility index (Phi) is 7.56. The van der Waals surface area contributed by atoms with Gasteiger partial charge in [0, 0.05) is 0 Å². The van der Waals surface area contributed by atoms with Crippen LogP contribution < -0.4 is 61.6 Å². The van der Waals surface area contributed by atoms with Crippen molar-refractivity contribution >= 4 is 12.4 Å². The smallest absolute Gasteiger partial charge is 0.493 e. The van der Waals surface area contributed by atoms with Gasteiger partial charge in [-0.3, -0.25) is 0 Å². The molecule has 0 amide bonds. The van der Waals surface area contributed by atoms with Crippen molar-refractivity contribution in [2.24, 2.45) is 0 Å². The summed E-state index contributed by atoms with van der Waals surface area (Å²) in [5, 5.41) is 0. The normalized spacial score (nSPS) is 17.2. The molecule has 0 spiro atoms. The van der Waals surface area contributed by atoms with Gasteiger partial charge in [0.05, 0.1) is 11.9 Å². The maximum atomic E-state index is 13.0. The Morgan fingerprint density at radius 2 is 1.60 bits per heavy atom. The minimum Gasteiger partial charge on any atom is -0.493 e. The van der Waals surface area contributed by atoms with E-state index >= 15 is 0 Å². The second kappa shape index (κ2) is 8.17. The molecule has 1 aliphatic carbocycles. The number of hydrogen-bond acceptors (Lipinski definition) is 1. The Labute approximate surface area is 158 Å². The molecule has 1 nitrogen and oxygen atoms in total. The van der Waals surface area contributed by atoms with Crippen LogP contribution in [0.25, 0.3) is 0 Å². The molecule has 1 aromatic rings. The summed E-state index contributed by atoms with van der Waals surface area (Å²) >= 11 is 0. The molecule has 0 N–H and O–H groups in total. The van der Waals surface area contributed by atoms with Crippen LogP contribution in [0.5, 0.6) is 5.75 Å². The molecule has 0 aromatic heterocycles. The molecule has 20 heavy (non-hydrogen) atoms. The van der Waals surface area contributed by atoms with E-state index in [9.17, 15) is 17.3 Å². The van der Waals surface area contributed by atoms with Gasteiger partial charge >= 0.3 is 58.4 Å². The van der Waals surface area contributed by atoms with Gasteiger partial charge in [0.25, 0.3) is 0 Å². The maximum Gasteiger partial charge on any atom is 1.00 e. The quantitative estimate of drug-likeness (QED) is 0.459. The van der Waals surface area contributed by atoms with Gasteiger partial charge in [-0.15, -0.1) is 0 Å². The topological polar surface area (TPSA) is 9.23 Å². The fourth-order valence-electron chi connectivity index (χ4n) is 2.42. The molecule has 1 aliphatic rings. The van der Waals surface area contributed by atoms with E-state index in [4.69, 9.17) is 4.74 Å². The summed E-state index contributed by atoms with van der Waals surface area (Å²) in [6.07, 6.45) is 5.48. The van der Waals surface area contributed by atoms with Crippen LogP contribution in [0.4, 0.5) is 17.3 Å². The summed E-state index contributed by atoms with van der Waals surface area (Å²) < 4.78 is 57.1. The molecule has 1 saturated carbocycles. The van der Waals surface area contributed by atoms with E-state index in [1.165, 1.54) is 0 Å². The van der Waals surface area contributed by atoms with Gasteiger partial charge in [-0.1, -0.05) is 18.3 Å². The van der Waals surface area contributed by atoms with Gasteiger partial charge in [0.2, 0.25) is 0 Å². The second-order valence-corrected chi connectivity index (χ2v) is 4.99. The average molecular weight is 314 g/mol. The van der Waals surface area contributed by atoms with Gasteiger partial charge in [0.15, 0.2) is 0 Å². The van der Waals surface area contributed by atoms with E-state index in [1.807, 2.05) is 0 Å². The number of benzene rings is 1. The Morgan fingerprint density at radius 1 is 1.00 bits per heavy atom. The number of hydrogen-bond donors (Lipinski definition) is 0. The Morgan fingerprint density at radius 3 is 2.15 bits per heavy atom. The van der Waals surface area contributed by atoms with Gasteiger partial charge in [-0.2, -0.15) is 0 Å². The minimum atomic E-state index is -5.26. The van der Waals surface area contributed by atoms with Crippen LogP contribution in [-0.2, 0) is 0 Å². The summed E-state index contributed by atoms with van der Waals surface area (Å²) in [6, 6.07) is 2.62. The number of halogens is 4. The third-order valence-electron chi connectivity index (χ3n) is 3.42. The Hall–Kier alpha value is 0.441. The molecule has 0 aliphatic heterocycles. The zero-order chi connectivity index (χ0) is 13.9. The predicted molar refractivity (Wildman–Crippen MR) is 67.2 cm³/mol. The first-order valence-corrected chi connectivity index (χ1v) is 6.63. The summed E-state index contributed by atoms with van der Waals surface area (Å²) in [6.45, 7) is -5.26. The fourth-order valence-corrected chi connectivity index (χ4v) is 2.42. The first-order valence-electron chi connectivity index (χ1n) is 6.63. The van der Waals surface area contributed by atoms with Crippen molar-refractivity contribution in [3.63, 3.8) is 0 Å². The largest absolute Gasteiger partial charge is 1.00 e. The Balaban J connectivity index is 0.00000200. The standard InChI is InChI=1S/C13H16BF4O.K/c15-10-7-8-13(12(9-10)14(16,17)18)19-11-5-3-1-2-4-6-11;/h7-9,11H,1-6H2;/q-1;+1. The van der Waals surface area contributed by atoms with Crippen molar-refractivity contribution in [3.05, 3.63) is 24.0 Å². The minimum absolute atomic E-state index is 0. The summed E-state index contributed by atoms with van der Waals surface area (Å²) in [4.78, 5) is 0. The van der Waals surface area contributed by atoms with E-state index in [0.717, 1.165) is 50.7 Å². The Bertz CT molecular complexity index is 431. The maximum absolute atomic E-state index is 13.0. The molecule has 7 heteroatoms. The van der Waals surface area contributed by atoms with Crippen LogP contribution in [-0.4, -0.2) is 13.1 Å². The molecule has 0 radical (unpaired) electrons. The zero-order valence-electron chi connectivity index (χ0n) is 11.5. The third-order valence-corrected chi connectivity index (χ3v) is 3.42. The zero-order valence-corrected chi connectivity index (χ0v) is 14.7. The monoisotopic (exact) mass is 314 g/mol. The summed E-state index contributed by atoms with van der Waals surface area (Å²) in [5.74, 6) is -1.12. The first-order chi connectivity index (χ1) is 8.97. The van der Waals surface area contributed by atoms with E-state index in [2.05, 4.69) is 0 Å². The van der Waals surface area contributed by atoms with Gasteiger partial charge in [0.1, 0.15) is 5.82 Å². The molecule has 0 heterocycles. The first kappa shape index (κ1) is 18.5. The summed E-state index contributed by atoms with van der Waals surface area (Å²) in [5.41, 5.74) is -0.968. The van der Waals surface area contributed by atoms with Gasteiger partial charge in [-0.05, 0) is 43.9 Å². The van der Waals surface area contributed by atoms with Gasteiger partial charge < -0.3 is 17.7 Å². The fraction of sp³-hybridized carbons (Fsp3) is 0.538. The third kappa shape index (κ3) is 5.33. The molecule has 1 aromatic carbocycles. The molecule has 2 rings (SSSR count). The number of rotatable bonds is 3. The van der Waals surface area contributed by atoms with Crippen LogP contribution in [0.2, 0.25) is 0 Å². The molecular weight excluding hydrogens is 298 g/mol. The van der Waals surface area contributed by atoms with Crippen molar-refractivity contribution < 1.29 is 73.5 Å². The molecule has 0 atom stereocenters. The number of ether oxygens (including phenoxy) is 1. The van der Waals surface area contributed by atoms with E-state index in [0.29, 0.717) is 6.07 Å². The molecular formula is C13H16BF4KO. The van der Waals surface area contributed by atoms with Crippen LogP contribution in [0, 0.1) is 5.82 Å². The van der Waals surface area contributed by atoms with Crippen molar-refractivity contribution in [3.8, 4) is 5.75 Å². The van der Waals surface area contributed by atoms with Crippen LogP contribution in [0.3, 0.4) is 0 Å². The molecule has 0 bridgehead atoms. The second-order valence-electron chi connectivity index (χ2n) is 4.99.